The van der Waals surface area contributed by atoms with Gasteiger partial charge >= 0.3 is 0 Å². The molecule has 112 valence electrons. The van der Waals surface area contributed by atoms with Gasteiger partial charge in [-0.15, -0.1) is 0 Å². The summed E-state index contributed by atoms with van der Waals surface area (Å²) in [4.78, 5) is 0. The minimum absolute atomic E-state index is 0.140. The number of halogens is 3. The van der Waals surface area contributed by atoms with Crippen LogP contribution in [0.2, 0.25) is 0 Å². The molecule has 0 aliphatic rings. The van der Waals surface area contributed by atoms with Crippen LogP contribution < -0.4 is 10.1 Å². The van der Waals surface area contributed by atoms with Crippen molar-refractivity contribution in [3.63, 3.8) is 0 Å². The van der Waals surface area contributed by atoms with Crippen LogP contribution in [0.1, 0.15) is 19.4 Å². The first-order chi connectivity index (χ1) is 9.97. The van der Waals surface area contributed by atoms with E-state index in [9.17, 15) is 8.78 Å². The Morgan fingerprint density at radius 1 is 1.14 bits per heavy atom. The van der Waals surface area contributed by atoms with Gasteiger partial charge in [0.05, 0.1) is 0 Å². The second-order valence-corrected chi connectivity index (χ2v) is 5.86. The molecule has 2 aromatic rings. The fourth-order valence-corrected chi connectivity index (χ4v) is 2.20. The second kappa shape index (κ2) is 7.00. The summed E-state index contributed by atoms with van der Waals surface area (Å²) in [5.41, 5.74) is 0.881. The van der Waals surface area contributed by atoms with Crippen molar-refractivity contribution in [1.82, 2.24) is 5.32 Å². The largest absolute Gasteiger partial charge is 0.454 e. The van der Waals surface area contributed by atoms with Crippen molar-refractivity contribution in [2.45, 2.75) is 26.4 Å². The molecular formula is C16H16BrF2NO. The molecule has 0 radical (unpaired) electrons. The molecule has 0 spiro atoms. The molecular weight excluding hydrogens is 340 g/mol. The van der Waals surface area contributed by atoms with Gasteiger partial charge in [0.1, 0.15) is 5.75 Å². The Balaban J connectivity index is 2.27. The van der Waals surface area contributed by atoms with Gasteiger partial charge in [-0.1, -0.05) is 48.0 Å². The zero-order valence-electron chi connectivity index (χ0n) is 11.8. The average molecular weight is 356 g/mol. The minimum atomic E-state index is -0.996. The molecule has 2 nitrogen and oxygen atoms in total. The van der Waals surface area contributed by atoms with Crippen molar-refractivity contribution in [2.24, 2.45) is 0 Å². The maximum absolute atomic E-state index is 13.8. The van der Waals surface area contributed by atoms with E-state index >= 15 is 0 Å². The molecule has 0 aromatic heterocycles. The number of ether oxygens (including phenoxy) is 1. The Bertz CT molecular complexity index is 632. The van der Waals surface area contributed by atoms with E-state index in [1.165, 1.54) is 6.07 Å². The topological polar surface area (TPSA) is 21.3 Å². The van der Waals surface area contributed by atoms with Crippen LogP contribution in [0.15, 0.2) is 40.9 Å². The zero-order valence-corrected chi connectivity index (χ0v) is 13.4. The summed E-state index contributed by atoms with van der Waals surface area (Å²) in [5.74, 6) is -1.58. The molecule has 0 aliphatic heterocycles. The second-order valence-electron chi connectivity index (χ2n) is 4.95. The van der Waals surface area contributed by atoms with Crippen molar-refractivity contribution < 1.29 is 13.5 Å². The Morgan fingerprint density at radius 2 is 1.86 bits per heavy atom. The summed E-state index contributed by atoms with van der Waals surface area (Å²) in [6.45, 7) is 4.66. The van der Waals surface area contributed by atoms with Gasteiger partial charge in [-0.2, -0.15) is 4.39 Å². The van der Waals surface area contributed by atoms with Gasteiger partial charge < -0.3 is 10.1 Å². The Labute approximate surface area is 131 Å². The average Bonchev–Trinajstić information content (AvgIpc) is 2.43. The predicted octanol–water partition coefficient (Wildman–Crippen LogP) is 5.02. The lowest BCUT2D eigenvalue weighted by molar-refractivity contribution is 0.410. The van der Waals surface area contributed by atoms with Crippen molar-refractivity contribution in [3.8, 4) is 11.5 Å². The molecule has 0 heterocycles. The molecule has 1 N–H and O–H groups in total. The normalized spacial score (nSPS) is 11.0. The molecule has 0 saturated heterocycles. The predicted molar refractivity (Wildman–Crippen MR) is 82.5 cm³/mol. The summed E-state index contributed by atoms with van der Waals surface area (Å²) >= 11 is 3.13. The number of nitrogens with one attached hydrogen (secondary N) is 1. The van der Waals surface area contributed by atoms with Gasteiger partial charge in [0.15, 0.2) is 11.6 Å². The van der Waals surface area contributed by atoms with Crippen LogP contribution in [0.3, 0.4) is 0 Å². The fraction of sp³-hybridized carbons (Fsp3) is 0.250. The third kappa shape index (κ3) is 4.25. The molecule has 0 aliphatic carbocycles. The molecule has 2 aromatic carbocycles. The Morgan fingerprint density at radius 3 is 2.57 bits per heavy atom. The lowest BCUT2D eigenvalue weighted by Gasteiger charge is -2.14. The quantitative estimate of drug-likeness (QED) is 0.760. The third-order valence-corrected chi connectivity index (χ3v) is 3.31. The van der Waals surface area contributed by atoms with Crippen LogP contribution in [0.25, 0.3) is 0 Å². The van der Waals surface area contributed by atoms with Crippen molar-refractivity contribution in [1.29, 1.82) is 0 Å². The van der Waals surface area contributed by atoms with E-state index in [-0.39, 0.29) is 5.75 Å². The fourth-order valence-electron chi connectivity index (χ4n) is 1.79. The van der Waals surface area contributed by atoms with E-state index in [0.717, 1.165) is 11.6 Å². The van der Waals surface area contributed by atoms with Gasteiger partial charge in [0.25, 0.3) is 0 Å². The first-order valence-corrected chi connectivity index (χ1v) is 7.40. The third-order valence-electron chi connectivity index (χ3n) is 2.85. The molecule has 0 amide bonds. The highest BCUT2D eigenvalue weighted by Gasteiger charge is 2.13. The molecule has 0 atom stereocenters. The summed E-state index contributed by atoms with van der Waals surface area (Å²) in [7, 11) is 0. The maximum atomic E-state index is 13.8. The molecule has 5 heteroatoms. The lowest BCUT2D eigenvalue weighted by Crippen LogP contribution is -2.22. The maximum Gasteiger partial charge on any atom is 0.201 e. The lowest BCUT2D eigenvalue weighted by atomic mass is 10.2. The zero-order chi connectivity index (χ0) is 15.4. The highest BCUT2D eigenvalue weighted by molar-refractivity contribution is 9.10. The van der Waals surface area contributed by atoms with Crippen LogP contribution in [0.5, 0.6) is 11.5 Å². The van der Waals surface area contributed by atoms with Crippen LogP contribution >= 0.6 is 15.9 Å². The Kier molecular flexibility index (Phi) is 5.31. The summed E-state index contributed by atoms with van der Waals surface area (Å²) in [5, 5.41) is 3.27. The number of para-hydroxylation sites is 1. The summed E-state index contributed by atoms with van der Waals surface area (Å²) in [6.07, 6.45) is 0. The van der Waals surface area contributed by atoms with Crippen LogP contribution in [0.4, 0.5) is 8.78 Å². The minimum Gasteiger partial charge on any atom is -0.454 e. The van der Waals surface area contributed by atoms with E-state index in [1.807, 2.05) is 26.0 Å². The van der Waals surface area contributed by atoms with Gasteiger partial charge in [-0.3, -0.25) is 0 Å². The molecule has 0 saturated carbocycles. The van der Waals surface area contributed by atoms with E-state index in [1.54, 1.807) is 12.1 Å². The van der Waals surface area contributed by atoms with E-state index < -0.39 is 11.6 Å². The van der Waals surface area contributed by atoms with Crippen LogP contribution in [-0.4, -0.2) is 6.04 Å². The highest BCUT2D eigenvalue weighted by Crippen LogP contribution is 2.31. The highest BCUT2D eigenvalue weighted by atomic mass is 79.9. The molecule has 0 bridgehead atoms. The SMILES string of the molecule is CC(C)NCc1ccccc1Oc1cc(Br)cc(F)c1F. The van der Waals surface area contributed by atoms with Crippen LogP contribution in [0, 0.1) is 11.6 Å². The van der Waals surface area contributed by atoms with Gasteiger partial charge in [0, 0.05) is 22.6 Å². The van der Waals surface area contributed by atoms with E-state index in [0.29, 0.717) is 22.8 Å². The van der Waals surface area contributed by atoms with E-state index in [2.05, 4.69) is 21.2 Å². The van der Waals surface area contributed by atoms with E-state index in [4.69, 9.17) is 4.74 Å². The first-order valence-electron chi connectivity index (χ1n) is 6.61. The van der Waals surface area contributed by atoms with Gasteiger partial charge in [-0.25, -0.2) is 4.39 Å². The van der Waals surface area contributed by atoms with Gasteiger partial charge in [-0.05, 0) is 18.2 Å². The van der Waals surface area contributed by atoms with Gasteiger partial charge in [0.2, 0.25) is 5.82 Å². The molecule has 0 unspecified atom stereocenters. The first kappa shape index (κ1) is 15.9. The number of hydrogen-bond acceptors (Lipinski definition) is 2. The van der Waals surface area contributed by atoms with Crippen LogP contribution in [-0.2, 0) is 6.54 Å². The number of hydrogen-bond donors (Lipinski definition) is 1. The molecule has 0 fully saturated rings. The van der Waals surface area contributed by atoms with Crippen molar-refractivity contribution in [2.75, 3.05) is 0 Å². The summed E-state index contributed by atoms with van der Waals surface area (Å²) < 4.78 is 33.2. The number of rotatable bonds is 5. The molecule has 21 heavy (non-hydrogen) atoms. The Hall–Kier alpha value is -1.46. The standard InChI is InChI=1S/C16H16BrF2NO/c1-10(2)20-9-11-5-3-4-6-14(11)21-15-8-12(17)7-13(18)16(15)19/h3-8,10,20H,9H2,1-2H3. The van der Waals surface area contributed by atoms with Crippen molar-refractivity contribution in [3.05, 3.63) is 58.1 Å². The smallest absolute Gasteiger partial charge is 0.201 e. The molecule has 2 rings (SSSR count). The summed E-state index contributed by atoms with van der Waals surface area (Å²) in [6, 6.07) is 10.1. The number of benzene rings is 2. The monoisotopic (exact) mass is 355 g/mol. The van der Waals surface area contributed by atoms with Crippen molar-refractivity contribution >= 4 is 15.9 Å².